The lowest BCUT2D eigenvalue weighted by Crippen LogP contribution is -2.45. The molecular formula is C14H19Cl2N3O2. The van der Waals surface area contributed by atoms with E-state index in [0.717, 1.165) is 37.4 Å². The van der Waals surface area contributed by atoms with Gasteiger partial charge >= 0.3 is 0 Å². The van der Waals surface area contributed by atoms with Crippen LogP contribution in [0.3, 0.4) is 0 Å². The van der Waals surface area contributed by atoms with Crippen LogP contribution in [0.25, 0.3) is 0 Å². The summed E-state index contributed by atoms with van der Waals surface area (Å²) in [6.45, 7) is 4.17. The van der Waals surface area contributed by atoms with E-state index in [-0.39, 0.29) is 36.5 Å². The number of halogens is 2. The van der Waals surface area contributed by atoms with Crippen LogP contribution in [0.4, 0.5) is 5.69 Å². The van der Waals surface area contributed by atoms with Gasteiger partial charge in [0.25, 0.3) is 0 Å². The molecule has 7 heteroatoms. The third-order valence-electron chi connectivity index (χ3n) is 3.63. The highest BCUT2D eigenvalue weighted by Gasteiger charge is 2.20. The number of nitrogens with zero attached hydrogens (tertiary/aromatic N) is 1. The van der Waals surface area contributed by atoms with Crippen LogP contribution in [-0.4, -0.2) is 49.3 Å². The predicted octanol–water partition coefficient (Wildman–Crippen LogP) is 1.11. The predicted molar refractivity (Wildman–Crippen MR) is 86.9 cm³/mol. The summed E-state index contributed by atoms with van der Waals surface area (Å²) in [5.74, 6) is 0.130. The molecule has 116 valence electrons. The van der Waals surface area contributed by atoms with Crippen molar-refractivity contribution in [1.82, 2.24) is 10.2 Å². The minimum absolute atomic E-state index is 0. The molecule has 1 amide bonds. The van der Waals surface area contributed by atoms with Crippen molar-refractivity contribution in [2.45, 2.75) is 6.42 Å². The molecule has 0 aromatic heterocycles. The summed E-state index contributed by atoms with van der Waals surface area (Å²) < 4.78 is 0. The summed E-state index contributed by atoms with van der Waals surface area (Å²) in [6, 6.07) is 5.47. The van der Waals surface area contributed by atoms with E-state index in [4.69, 9.17) is 0 Å². The Hall–Kier alpha value is -1.14. The van der Waals surface area contributed by atoms with E-state index in [1.807, 2.05) is 12.1 Å². The standard InChI is InChI=1S/C14H17N3O2.2ClH/c18-13(9-17-5-3-15-4-6-17)10-1-2-12-11(7-10)8-14(19)16-12;;/h1-2,7,15H,3-6,8-9H2,(H,16,19);2*1H. The summed E-state index contributed by atoms with van der Waals surface area (Å²) in [6.07, 6.45) is 0.379. The molecule has 0 atom stereocenters. The average Bonchev–Trinajstić information content (AvgIpc) is 2.78. The van der Waals surface area contributed by atoms with E-state index < -0.39 is 0 Å². The van der Waals surface area contributed by atoms with Crippen LogP contribution in [-0.2, 0) is 11.2 Å². The van der Waals surface area contributed by atoms with Gasteiger partial charge in [-0.3, -0.25) is 14.5 Å². The van der Waals surface area contributed by atoms with Crippen LogP contribution in [0.1, 0.15) is 15.9 Å². The molecule has 2 N–H and O–H groups in total. The molecule has 1 fully saturated rings. The number of amides is 1. The molecule has 2 aliphatic heterocycles. The molecule has 1 aromatic rings. The SMILES string of the molecule is Cl.Cl.O=C1Cc2cc(C(=O)CN3CCNCC3)ccc2N1. The number of carbonyl (C=O) groups is 2. The first-order valence-electron chi connectivity index (χ1n) is 6.61. The van der Waals surface area contributed by atoms with Gasteiger partial charge in [-0.25, -0.2) is 0 Å². The molecule has 0 bridgehead atoms. The van der Waals surface area contributed by atoms with E-state index >= 15 is 0 Å². The van der Waals surface area contributed by atoms with Crippen molar-refractivity contribution in [2.75, 3.05) is 38.0 Å². The Morgan fingerprint density at radius 3 is 2.62 bits per heavy atom. The van der Waals surface area contributed by atoms with Gasteiger partial charge in [0.2, 0.25) is 5.91 Å². The van der Waals surface area contributed by atoms with Crippen molar-refractivity contribution >= 4 is 42.2 Å². The highest BCUT2D eigenvalue weighted by molar-refractivity contribution is 6.02. The van der Waals surface area contributed by atoms with Crippen LogP contribution < -0.4 is 10.6 Å². The van der Waals surface area contributed by atoms with Crippen molar-refractivity contribution in [3.05, 3.63) is 29.3 Å². The van der Waals surface area contributed by atoms with Crippen LogP contribution >= 0.6 is 24.8 Å². The van der Waals surface area contributed by atoms with Crippen molar-refractivity contribution in [1.29, 1.82) is 0 Å². The summed E-state index contributed by atoms with van der Waals surface area (Å²) >= 11 is 0. The largest absolute Gasteiger partial charge is 0.326 e. The fourth-order valence-electron chi connectivity index (χ4n) is 2.57. The fourth-order valence-corrected chi connectivity index (χ4v) is 2.57. The summed E-state index contributed by atoms with van der Waals surface area (Å²) in [4.78, 5) is 25.7. The zero-order valence-corrected chi connectivity index (χ0v) is 13.2. The molecule has 0 unspecified atom stereocenters. The molecule has 1 saturated heterocycles. The van der Waals surface area contributed by atoms with E-state index in [0.29, 0.717) is 18.5 Å². The molecule has 0 saturated carbocycles. The zero-order chi connectivity index (χ0) is 13.2. The molecule has 3 rings (SSSR count). The normalized spacial score (nSPS) is 17.2. The maximum Gasteiger partial charge on any atom is 0.228 e. The summed E-state index contributed by atoms with van der Waals surface area (Å²) in [5, 5.41) is 6.04. The number of ketones is 1. The lowest BCUT2D eigenvalue weighted by atomic mass is 10.0. The van der Waals surface area contributed by atoms with E-state index in [1.165, 1.54) is 0 Å². The number of carbonyl (C=O) groups excluding carboxylic acids is 2. The van der Waals surface area contributed by atoms with E-state index in [9.17, 15) is 9.59 Å². The van der Waals surface area contributed by atoms with Crippen LogP contribution in [0, 0.1) is 0 Å². The number of anilines is 1. The first kappa shape index (κ1) is 17.9. The topological polar surface area (TPSA) is 61.4 Å². The smallest absolute Gasteiger partial charge is 0.228 e. The second-order valence-corrected chi connectivity index (χ2v) is 5.05. The van der Waals surface area contributed by atoms with Crippen molar-refractivity contribution in [3.63, 3.8) is 0 Å². The Morgan fingerprint density at radius 1 is 1.19 bits per heavy atom. The van der Waals surface area contributed by atoms with Crippen molar-refractivity contribution in [2.24, 2.45) is 0 Å². The number of fused-ring (bicyclic) bond motifs is 1. The minimum atomic E-state index is 0. The quantitative estimate of drug-likeness (QED) is 0.814. The monoisotopic (exact) mass is 331 g/mol. The van der Waals surface area contributed by atoms with Crippen LogP contribution in [0.2, 0.25) is 0 Å². The molecule has 5 nitrogen and oxygen atoms in total. The second kappa shape index (κ2) is 7.75. The van der Waals surface area contributed by atoms with Gasteiger partial charge in [0.15, 0.2) is 5.78 Å². The molecule has 0 spiro atoms. The minimum Gasteiger partial charge on any atom is -0.326 e. The lowest BCUT2D eigenvalue weighted by molar-refractivity contribution is -0.115. The molecule has 0 radical (unpaired) electrons. The lowest BCUT2D eigenvalue weighted by Gasteiger charge is -2.26. The molecule has 0 aliphatic carbocycles. The van der Waals surface area contributed by atoms with Crippen molar-refractivity contribution < 1.29 is 9.59 Å². The van der Waals surface area contributed by atoms with Crippen molar-refractivity contribution in [3.8, 4) is 0 Å². The first-order valence-corrected chi connectivity index (χ1v) is 6.61. The highest BCUT2D eigenvalue weighted by Crippen LogP contribution is 2.24. The maximum atomic E-state index is 12.2. The number of nitrogens with one attached hydrogen (secondary N) is 2. The third-order valence-corrected chi connectivity index (χ3v) is 3.63. The number of benzene rings is 1. The maximum absolute atomic E-state index is 12.2. The molecule has 1 aromatic carbocycles. The van der Waals surface area contributed by atoms with Gasteiger partial charge in [-0.1, -0.05) is 0 Å². The van der Waals surface area contributed by atoms with Crippen LogP contribution in [0.15, 0.2) is 18.2 Å². The molecule has 2 heterocycles. The number of hydrogen-bond donors (Lipinski definition) is 2. The Labute approximate surface area is 136 Å². The summed E-state index contributed by atoms with van der Waals surface area (Å²) in [5.41, 5.74) is 2.47. The fraction of sp³-hybridized carbons (Fsp3) is 0.429. The van der Waals surface area contributed by atoms with Gasteiger partial charge in [0.05, 0.1) is 13.0 Å². The molecule has 2 aliphatic rings. The van der Waals surface area contributed by atoms with Gasteiger partial charge in [-0.05, 0) is 23.8 Å². The Kier molecular flexibility index (Phi) is 6.61. The third kappa shape index (κ3) is 4.17. The van der Waals surface area contributed by atoms with Crippen LogP contribution in [0.5, 0.6) is 0 Å². The molecule has 21 heavy (non-hydrogen) atoms. The highest BCUT2D eigenvalue weighted by atomic mass is 35.5. The van der Waals surface area contributed by atoms with Gasteiger partial charge in [-0.2, -0.15) is 0 Å². The number of Topliss-reactive ketones (excluding diaryl/α,β-unsaturated/α-hetero) is 1. The first-order chi connectivity index (χ1) is 9.22. The van der Waals surface area contributed by atoms with E-state index in [1.54, 1.807) is 6.07 Å². The second-order valence-electron chi connectivity index (χ2n) is 5.05. The number of rotatable bonds is 3. The zero-order valence-electron chi connectivity index (χ0n) is 11.6. The molecular weight excluding hydrogens is 313 g/mol. The Morgan fingerprint density at radius 2 is 1.90 bits per heavy atom. The van der Waals surface area contributed by atoms with Gasteiger partial charge in [0.1, 0.15) is 0 Å². The number of hydrogen-bond acceptors (Lipinski definition) is 4. The Bertz CT molecular complexity index is 531. The van der Waals surface area contributed by atoms with Gasteiger partial charge in [-0.15, -0.1) is 24.8 Å². The van der Waals surface area contributed by atoms with Gasteiger partial charge in [0, 0.05) is 37.4 Å². The average molecular weight is 332 g/mol. The number of piperazine rings is 1. The van der Waals surface area contributed by atoms with E-state index in [2.05, 4.69) is 15.5 Å². The van der Waals surface area contributed by atoms with Gasteiger partial charge < -0.3 is 10.6 Å². The Balaban J connectivity index is 0.00000110. The summed E-state index contributed by atoms with van der Waals surface area (Å²) in [7, 11) is 0.